The molecule has 2 heterocycles. The first kappa shape index (κ1) is 22.9. The van der Waals surface area contributed by atoms with Crippen molar-refractivity contribution in [2.45, 2.75) is 32.1 Å². The zero-order chi connectivity index (χ0) is 22.1. The normalized spacial score (nSPS) is 17.1. The highest BCUT2D eigenvalue weighted by Crippen LogP contribution is 2.36. The van der Waals surface area contributed by atoms with Crippen LogP contribution >= 0.6 is 0 Å². The van der Waals surface area contributed by atoms with Crippen molar-refractivity contribution in [1.82, 2.24) is 9.80 Å². The molecule has 0 amide bonds. The first-order valence-corrected chi connectivity index (χ1v) is 11.1. The summed E-state index contributed by atoms with van der Waals surface area (Å²) >= 11 is 0. The highest BCUT2D eigenvalue weighted by Gasteiger charge is 2.38. The second-order valence-electron chi connectivity index (χ2n) is 8.49. The highest BCUT2D eigenvalue weighted by molar-refractivity contribution is 5.36. The predicted octanol–water partition coefficient (Wildman–Crippen LogP) is 4.05. The maximum Gasteiger partial charge on any atom is 0.124 e. The van der Waals surface area contributed by atoms with E-state index in [1.54, 1.807) is 18.4 Å². The monoisotopic (exact) mass is 420 g/mol. The Morgan fingerprint density at radius 1 is 1.06 bits per heavy atom. The zero-order valence-electron chi connectivity index (χ0n) is 18.6. The molecule has 1 atom stereocenters. The largest absolute Gasteiger partial charge is 0.492 e. The molecule has 164 valence electrons. The summed E-state index contributed by atoms with van der Waals surface area (Å²) in [6.45, 7) is 10.8. The fraction of sp³-hybridized carbons (Fsp3) is 0.520. The topological polar surface area (TPSA) is 76.4 Å². The molecular formula is C25H32N4O2. The van der Waals surface area contributed by atoms with Crippen LogP contribution in [-0.4, -0.2) is 55.7 Å². The van der Waals surface area contributed by atoms with E-state index in [2.05, 4.69) is 35.8 Å². The molecule has 6 nitrogen and oxygen atoms in total. The van der Waals surface area contributed by atoms with Crippen LogP contribution < -0.4 is 4.74 Å². The molecule has 0 aliphatic carbocycles. The Balaban J connectivity index is 1.38. The number of ether oxygens (including phenoxy) is 1. The molecule has 3 rings (SSSR count). The van der Waals surface area contributed by atoms with Gasteiger partial charge in [-0.3, -0.25) is 4.90 Å². The van der Waals surface area contributed by atoms with E-state index in [9.17, 15) is 5.26 Å². The van der Waals surface area contributed by atoms with Gasteiger partial charge >= 0.3 is 0 Å². The third kappa shape index (κ3) is 5.88. The Hall–Kier alpha value is -2.80. The molecule has 1 unspecified atom stereocenters. The Bertz CT molecular complexity index is 889. The fourth-order valence-electron chi connectivity index (χ4n) is 4.23. The van der Waals surface area contributed by atoms with Crippen molar-refractivity contribution in [2.75, 3.05) is 45.9 Å². The van der Waals surface area contributed by atoms with Crippen LogP contribution in [0.1, 0.15) is 38.0 Å². The standard InChI is InChI=1S/C25H32N4O2/c1-21(2)25(20-27,24-8-4-16-31-24)9-5-10-28-11-13-29(14-12-28)15-17-30-23-7-3-6-22(18-23)19-26/h3-4,6-8,16,18,21H,5,9-15,17H2,1-2H3. The summed E-state index contributed by atoms with van der Waals surface area (Å²) in [5, 5.41) is 18.9. The number of rotatable bonds is 10. The summed E-state index contributed by atoms with van der Waals surface area (Å²) < 4.78 is 11.4. The number of furan rings is 1. The maximum atomic E-state index is 9.93. The van der Waals surface area contributed by atoms with Gasteiger partial charge in [-0.15, -0.1) is 0 Å². The summed E-state index contributed by atoms with van der Waals surface area (Å²) in [6, 6.07) is 15.8. The first-order chi connectivity index (χ1) is 15.1. The Kier molecular flexibility index (Phi) is 8.12. The van der Waals surface area contributed by atoms with E-state index >= 15 is 0 Å². The number of benzene rings is 1. The second-order valence-corrected chi connectivity index (χ2v) is 8.49. The van der Waals surface area contributed by atoms with Crippen LogP contribution in [0.15, 0.2) is 47.1 Å². The van der Waals surface area contributed by atoms with Crippen molar-refractivity contribution in [3.63, 3.8) is 0 Å². The molecule has 0 radical (unpaired) electrons. The predicted molar refractivity (Wildman–Crippen MR) is 120 cm³/mol. The van der Waals surface area contributed by atoms with Crippen LogP contribution in [0.3, 0.4) is 0 Å². The van der Waals surface area contributed by atoms with Gasteiger partial charge in [0.25, 0.3) is 0 Å². The van der Waals surface area contributed by atoms with Gasteiger partial charge in [-0.25, -0.2) is 0 Å². The maximum absolute atomic E-state index is 9.93. The molecule has 1 aromatic carbocycles. The highest BCUT2D eigenvalue weighted by atomic mass is 16.5. The lowest BCUT2D eigenvalue weighted by Gasteiger charge is -2.35. The Morgan fingerprint density at radius 3 is 2.42 bits per heavy atom. The van der Waals surface area contributed by atoms with Gasteiger partial charge in [-0.05, 0) is 55.6 Å². The molecule has 1 aromatic heterocycles. The third-order valence-electron chi connectivity index (χ3n) is 6.30. The molecule has 6 heteroatoms. The summed E-state index contributed by atoms with van der Waals surface area (Å²) in [5.41, 5.74) is 0.0712. The summed E-state index contributed by atoms with van der Waals surface area (Å²) in [6.07, 6.45) is 3.45. The van der Waals surface area contributed by atoms with Crippen LogP contribution in [-0.2, 0) is 5.41 Å². The van der Waals surface area contributed by atoms with Crippen molar-refractivity contribution >= 4 is 0 Å². The number of nitriles is 2. The fourth-order valence-corrected chi connectivity index (χ4v) is 4.23. The number of hydrogen-bond donors (Lipinski definition) is 0. The van der Waals surface area contributed by atoms with Gasteiger partial charge in [0.05, 0.1) is 24.0 Å². The van der Waals surface area contributed by atoms with Crippen LogP contribution in [0.4, 0.5) is 0 Å². The number of piperazine rings is 1. The minimum Gasteiger partial charge on any atom is -0.492 e. The van der Waals surface area contributed by atoms with E-state index in [-0.39, 0.29) is 5.92 Å². The molecule has 1 aliphatic rings. The molecule has 31 heavy (non-hydrogen) atoms. The zero-order valence-corrected chi connectivity index (χ0v) is 18.6. The van der Waals surface area contributed by atoms with Crippen molar-refractivity contribution in [1.29, 1.82) is 10.5 Å². The van der Waals surface area contributed by atoms with Crippen LogP contribution in [0.2, 0.25) is 0 Å². The molecule has 1 saturated heterocycles. The average molecular weight is 421 g/mol. The summed E-state index contributed by atoms with van der Waals surface area (Å²) in [4.78, 5) is 4.90. The molecule has 1 aliphatic heterocycles. The lowest BCUT2D eigenvalue weighted by molar-refractivity contribution is 0.113. The molecule has 1 fully saturated rings. The van der Waals surface area contributed by atoms with Gasteiger partial charge in [0.2, 0.25) is 0 Å². The van der Waals surface area contributed by atoms with Gasteiger partial charge in [-0.2, -0.15) is 10.5 Å². The van der Waals surface area contributed by atoms with Crippen molar-refractivity contribution in [2.24, 2.45) is 5.92 Å². The molecule has 2 aromatic rings. The van der Waals surface area contributed by atoms with E-state index < -0.39 is 5.41 Å². The van der Waals surface area contributed by atoms with E-state index in [0.29, 0.717) is 12.2 Å². The quantitative estimate of drug-likeness (QED) is 0.577. The van der Waals surface area contributed by atoms with E-state index in [1.807, 2.05) is 24.3 Å². The smallest absolute Gasteiger partial charge is 0.124 e. The molecular weight excluding hydrogens is 388 g/mol. The van der Waals surface area contributed by atoms with Crippen LogP contribution in [0.5, 0.6) is 5.75 Å². The lowest BCUT2D eigenvalue weighted by atomic mass is 9.73. The summed E-state index contributed by atoms with van der Waals surface area (Å²) in [7, 11) is 0. The van der Waals surface area contributed by atoms with Gasteiger partial charge in [0.1, 0.15) is 23.5 Å². The van der Waals surface area contributed by atoms with Gasteiger partial charge in [-0.1, -0.05) is 19.9 Å². The average Bonchev–Trinajstić information content (AvgIpc) is 3.33. The minimum absolute atomic E-state index is 0.203. The third-order valence-corrected chi connectivity index (χ3v) is 6.30. The van der Waals surface area contributed by atoms with Crippen LogP contribution in [0, 0.1) is 28.6 Å². The molecule has 0 saturated carbocycles. The SMILES string of the molecule is CC(C)C(C#N)(CCCN1CCN(CCOc2cccc(C#N)c2)CC1)c1ccco1. The van der Waals surface area contributed by atoms with Crippen molar-refractivity contribution in [3.8, 4) is 17.9 Å². The molecule has 0 N–H and O–H groups in total. The van der Waals surface area contributed by atoms with E-state index in [1.165, 1.54) is 0 Å². The van der Waals surface area contributed by atoms with Gasteiger partial charge in [0, 0.05) is 32.7 Å². The molecule has 0 bridgehead atoms. The van der Waals surface area contributed by atoms with Gasteiger partial charge in [0.15, 0.2) is 0 Å². The number of nitrogens with zero attached hydrogens (tertiary/aromatic N) is 4. The Labute approximate surface area is 185 Å². The van der Waals surface area contributed by atoms with Crippen molar-refractivity contribution < 1.29 is 9.15 Å². The minimum atomic E-state index is -0.550. The van der Waals surface area contributed by atoms with E-state index in [4.69, 9.17) is 14.4 Å². The van der Waals surface area contributed by atoms with Crippen LogP contribution in [0.25, 0.3) is 0 Å². The first-order valence-electron chi connectivity index (χ1n) is 11.1. The number of hydrogen-bond acceptors (Lipinski definition) is 6. The second kappa shape index (κ2) is 11.0. The summed E-state index contributed by atoms with van der Waals surface area (Å²) in [5.74, 6) is 1.74. The lowest BCUT2D eigenvalue weighted by Crippen LogP contribution is -2.47. The van der Waals surface area contributed by atoms with Crippen molar-refractivity contribution in [3.05, 3.63) is 54.0 Å². The van der Waals surface area contributed by atoms with E-state index in [0.717, 1.165) is 63.6 Å². The van der Waals surface area contributed by atoms with Gasteiger partial charge < -0.3 is 14.1 Å². The molecule has 0 spiro atoms. The Morgan fingerprint density at radius 2 is 1.81 bits per heavy atom.